The molecule has 2 rings (SSSR count). The highest BCUT2D eigenvalue weighted by molar-refractivity contribution is 9.10. The first-order valence-corrected chi connectivity index (χ1v) is 4.67. The largest absolute Gasteiger partial charge is 0.507 e. The van der Waals surface area contributed by atoms with Crippen molar-refractivity contribution in [2.75, 3.05) is 5.73 Å². The van der Waals surface area contributed by atoms with E-state index < -0.39 is 0 Å². The van der Waals surface area contributed by atoms with E-state index in [-0.39, 0.29) is 5.75 Å². The Bertz CT molecular complexity index is 468. The van der Waals surface area contributed by atoms with Crippen molar-refractivity contribution in [3.63, 3.8) is 0 Å². The van der Waals surface area contributed by atoms with Gasteiger partial charge < -0.3 is 15.4 Å². The van der Waals surface area contributed by atoms with E-state index in [2.05, 4.69) is 21.1 Å². The fourth-order valence-electron chi connectivity index (χ4n) is 1.09. The van der Waals surface area contributed by atoms with Crippen molar-refractivity contribution >= 4 is 21.7 Å². The summed E-state index contributed by atoms with van der Waals surface area (Å²) in [5.74, 6) is 1.09. The molecule has 0 atom stereocenters. The number of benzene rings is 1. The van der Waals surface area contributed by atoms with Crippen LogP contribution in [0.25, 0.3) is 11.3 Å². The molecule has 1 heterocycles. The van der Waals surface area contributed by atoms with Crippen molar-refractivity contribution in [3.05, 3.63) is 28.7 Å². The normalized spacial score (nSPS) is 10.4. The van der Waals surface area contributed by atoms with Crippen molar-refractivity contribution in [1.29, 1.82) is 0 Å². The predicted molar refractivity (Wildman–Crippen MR) is 55.7 cm³/mol. The zero-order valence-electron chi connectivity index (χ0n) is 7.07. The fraction of sp³-hybridized carbons (Fsp3) is 0. The van der Waals surface area contributed by atoms with Gasteiger partial charge in [0.15, 0.2) is 11.6 Å². The summed E-state index contributed by atoms with van der Waals surface area (Å²) >= 11 is 3.21. The van der Waals surface area contributed by atoms with Crippen LogP contribution >= 0.6 is 15.9 Å². The third-order valence-electron chi connectivity index (χ3n) is 1.76. The Hall–Kier alpha value is -1.49. The molecule has 0 amide bonds. The maximum atomic E-state index is 9.28. The van der Waals surface area contributed by atoms with Gasteiger partial charge in [0.25, 0.3) is 0 Å². The lowest BCUT2D eigenvalue weighted by molar-refractivity contribution is 0.435. The molecule has 0 radical (unpaired) electrons. The SMILES string of the molecule is Nc1cc(-c2ccc(O)c(Br)c2)on1. The molecule has 0 fully saturated rings. The molecule has 3 N–H and O–H groups in total. The van der Waals surface area contributed by atoms with E-state index in [1.807, 2.05) is 0 Å². The molecule has 0 saturated carbocycles. The molecular formula is C9H7BrN2O2. The Morgan fingerprint density at radius 2 is 2.14 bits per heavy atom. The number of nitrogens with two attached hydrogens (primary N) is 1. The maximum absolute atomic E-state index is 9.28. The second-order valence-electron chi connectivity index (χ2n) is 2.78. The molecule has 0 aliphatic heterocycles. The summed E-state index contributed by atoms with van der Waals surface area (Å²) < 4.78 is 5.57. The Balaban J connectivity index is 2.47. The number of aromatic nitrogens is 1. The minimum atomic E-state index is 0.182. The first-order chi connectivity index (χ1) is 6.66. The van der Waals surface area contributed by atoms with E-state index in [0.29, 0.717) is 16.1 Å². The topological polar surface area (TPSA) is 72.3 Å². The summed E-state index contributed by atoms with van der Waals surface area (Å²) in [5, 5.41) is 12.8. The fourth-order valence-corrected chi connectivity index (χ4v) is 1.46. The van der Waals surface area contributed by atoms with Gasteiger partial charge >= 0.3 is 0 Å². The molecule has 5 heteroatoms. The quantitative estimate of drug-likeness (QED) is 0.820. The summed E-state index contributed by atoms with van der Waals surface area (Å²) in [4.78, 5) is 0. The number of phenolic OH excluding ortho intramolecular Hbond substituents is 1. The van der Waals surface area contributed by atoms with Gasteiger partial charge in [0.1, 0.15) is 5.75 Å². The van der Waals surface area contributed by atoms with E-state index in [9.17, 15) is 5.11 Å². The molecule has 0 bridgehead atoms. The highest BCUT2D eigenvalue weighted by Crippen LogP contribution is 2.30. The van der Waals surface area contributed by atoms with E-state index in [1.165, 1.54) is 0 Å². The van der Waals surface area contributed by atoms with Crippen LogP contribution in [-0.4, -0.2) is 10.3 Å². The standard InChI is InChI=1S/C9H7BrN2O2/c10-6-3-5(1-2-7(6)13)8-4-9(11)12-14-8/h1-4,13H,(H2,11,12). The smallest absolute Gasteiger partial charge is 0.169 e. The Morgan fingerprint density at radius 1 is 1.36 bits per heavy atom. The summed E-state index contributed by atoms with van der Waals surface area (Å²) in [6, 6.07) is 6.65. The van der Waals surface area contributed by atoms with Crippen molar-refractivity contribution in [2.45, 2.75) is 0 Å². The minimum Gasteiger partial charge on any atom is -0.507 e. The highest BCUT2D eigenvalue weighted by Gasteiger charge is 2.06. The Kier molecular flexibility index (Phi) is 2.17. The van der Waals surface area contributed by atoms with Crippen molar-refractivity contribution in [1.82, 2.24) is 5.16 Å². The zero-order valence-corrected chi connectivity index (χ0v) is 8.65. The Labute approximate surface area is 88.5 Å². The van der Waals surface area contributed by atoms with E-state index in [4.69, 9.17) is 10.3 Å². The number of aromatic hydroxyl groups is 1. The number of hydrogen-bond donors (Lipinski definition) is 2. The number of rotatable bonds is 1. The van der Waals surface area contributed by atoms with Gasteiger partial charge in [-0.2, -0.15) is 0 Å². The number of anilines is 1. The number of nitrogen functional groups attached to an aromatic ring is 1. The molecule has 4 nitrogen and oxygen atoms in total. The molecule has 2 aromatic rings. The van der Waals surface area contributed by atoms with Gasteiger partial charge in [0.2, 0.25) is 0 Å². The van der Waals surface area contributed by atoms with Gasteiger partial charge in [-0.05, 0) is 34.1 Å². The molecule has 72 valence electrons. The zero-order chi connectivity index (χ0) is 10.1. The molecule has 0 saturated heterocycles. The Morgan fingerprint density at radius 3 is 2.71 bits per heavy atom. The molecule has 1 aromatic carbocycles. The monoisotopic (exact) mass is 254 g/mol. The molecule has 0 unspecified atom stereocenters. The second-order valence-corrected chi connectivity index (χ2v) is 3.64. The van der Waals surface area contributed by atoms with Crippen molar-refractivity contribution in [3.8, 4) is 17.1 Å². The van der Waals surface area contributed by atoms with Crippen LogP contribution < -0.4 is 5.73 Å². The van der Waals surface area contributed by atoms with Gasteiger partial charge in [0.05, 0.1) is 4.47 Å². The lowest BCUT2D eigenvalue weighted by Gasteiger charge is -1.98. The molecular weight excluding hydrogens is 248 g/mol. The van der Waals surface area contributed by atoms with Crippen LogP contribution in [0.5, 0.6) is 5.75 Å². The van der Waals surface area contributed by atoms with Crippen LogP contribution in [0.4, 0.5) is 5.82 Å². The van der Waals surface area contributed by atoms with E-state index >= 15 is 0 Å². The van der Waals surface area contributed by atoms with Crippen LogP contribution in [0.15, 0.2) is 33.3 Å². The number of hydrogen-bond acceptors (Lipinski definition) is 4. The van der Waals surface area contributed by atoms with Crippen LogP contribution in [0, 0.1) is 0 Å². The average molecular weight is 255 g/mol. The van der Waals surface area contributed by atoms with Crippen LogP contribution in [0.3, 0.4) is 0 Å². The summed E-state index contributed by atoms with van der Waals surface area (Å²) in [6.45, 7) is 0. The number of nitrogens with zero attached hydrogens (tertiary/aromatic N) is 1. The van der Waals surface area contributed by atoms with Gasteiger partial charge in [-0.25, -0.2) is 0 Å². The van der Waals surface area contributed by atoms with Crippen LogP contribution in [0.2, 0.25) is 0 Å². The summed E-state index contributed by atoms with van der Waals surface area (Å²) in [6.07, 6.45) is 0. The summed E-state index contributed by atoms with van der Waals surface area (Å²) in [7, 11) is 0. The number of halogens is 1. The third kappa shape index (κ3) is 1.58. The third-order valence-corrected chi connectivity index (χ3v) is 2.40. The van der Waals surface area contributed by atoms with Crippen LogP contribution in [-0.2, 0) is 0 Å². The first kappa shape index (κ1) is 9.08. The molecule has 0 aliphatic carbocycles. The van der Waals surface area contributed by atoms with Gasteiger partial charge in [-0.1, -0.05) is 5.16 Å². The lowest BCUT2D eigenvalue weighted by atomic mass is 10.2. The van der Waals surface area contributed by atoms with Gasteiger partial charge in [0, 0.05) is 11.6 Å². The van der Waals surface area contributed by atoms with Crippen LogP contribution in [0.1, 0.15) is 0 Å². The predicted octanol–water partition coefficient (Wildman–Crippen LogP) is 2.39. The minimum absolute atomic E-state index is 0.182. The molecule has 1 aromatic heterocycles. The van der Waals surface area contributed by atoms with Crippen molar-refractivity contribution in [2.24, 2.45) is 0 Å². The van der Waals surface area contributed by atoms with E-state index in [1.54, 1.807) is 24.3 Å². The van der Waals surface area contributed by atoms with E-state index in [0.717, 1.165) is 5.56 Å². The number of phenols is 1. The maximum Gasteiger partial charge on any atom is 0.169 e. The molecule has 14 heavy (non-hydrogen) atoms. The molecule has 0 spiro atoms. The summed E-state index contributed by atoms with van der Waals surface area (Å²) in [5.41, 5.74) is 6.22. The van der Waals surface area contributed by atoms with Gasteiger partial charge in [-0.15, -0.1) is 0 Å². The lowest BCUT2D eigenvalue weighted by Crippen LogP contribution is -1.80. The molecule has 0 aliphatic rings. The van der Waals surface area contributed by atoms with Gasteiger partial charge in [-0.3, -0.25) is 0 Å². The first-order valence-electron chi connectivity index (χ1n) is 3.88. The second kappa shape index (κ2) is 3.34. The average Bonchev–Trinajstić information content (AvgIpc) is 2.57. The highest BCUT2D eigenvalue weighted by atomic mass is 79.9. The van der Waals surface area contributed by atoms with Crippen molar-refractivity contribution < 1.29 is 9.63 Å².